The van der Waals surface area contributed by atoms with Crippen molar-refractivity contribution in [2.45, 2.75) is 13.2 Å². The van der Waals surface area contributed by atoms with Gasteiger partial charge in [-0.2, -0.15) is 0 Å². The van der Waals surface area contributed by atoms with Crippen LogP contribution in [-0.4, -0.2) is 12.2 Å². The van der Waals surface area contributed by atoms with Crippen molar-refractivity contribution >= 4 is 33.2 Å². The highest BCUT2D eigenvalue weighted by atomic mass is 79.9. The Kier molecular flexibility index (Phi) is 4.86. The Balaban J connectivity index is 2.27. The van der Waals surface area contributed by atoms with Crippen LogP contribution in [0.15, 0.2) is 46.9 Å². The van der Waals surface area contributed by atoms with Crippen LogP contribution in [0.1, 0.15) is 11.1 Å². The molecule has 0 spiro atoms. The Labute approximate surface area is 126 Å². The van der Waals surface area contributed by atoms with Gasteiger partial charge in [-0.3, -0.25) is 0 Å². The van der Waals surface area contributed by atoms with Crippen molar-refractivity contribution in [1.82, 2.24) is 0 Å². The van der Waals surface area contributed by atoms with Crippen molar-refractivity contribution in [2.24, 2.45) is 0 Å². The van der Waals surface area contributed by atoms with Crippen molar-refractivity contribution in [3.8, 4) is 0 Å². The van der Waals surface area contributed by atoms with Crippen LogP contribution in [0.2, 0.25) is 5.02 Å². The molecule has 2 nitrogen and oxygen atoms in total. The molecule has 1 N–H and O–H groups in total. The molecule has 0 saturated heterocycles. The molecule has 0 amide bonds. The number of halogens is 2. The van der Waals surface area contributed by atoms with E-state index in [9.17, 15) is 5.11 Å². The number of aliphatic hydroxyl groups excluding tert-OH is 1. The number of aliphatic hydroxyl groups is 1. The summed E-state index contributed by atoms with van der Waals surface area (Å²) in [6.07, 6.45) is 0. The summed E-state index contributed by atoms with van der Waals surface area (Å²) < 4.78 is 1.06. The van der Waals surface area contributed by atoms with E-state index in [2.05, 4.69) is 33.0 Å². The van der Waals surface area contributed by atoms with Gasteiger partial charge in [0.15, 0.2) is 0 Å². The lowest BCUT2D eigenvalue weighted by Crippen LogP contribution is -2.18. The molecular weight excluding hydrogens is 326 g/mol. The molecule has 0 unspecified atom stereocenters. The molecule has 4 heteroatoms. The van der Waals surface area contributed by atoms with Crippen LogP contribution in [0, 0.1) is 0 Å². The molecule has 0 aromatic heterocycles. The van der Waals surface area contributed by atoms with E-state index in [1.807, 2.05) is 37.4 Å². The van der Waals surface area contributed by atoms with Gasteiger partial charge < -0.3 is 10.0 Å². The summed E-state index contributed by atoms with van der Waals surface area (Å²) in [6, 6.07) is 13.7. The predicted molar refractivity (Wildman–Crippen MR) is 83.6 cm³/mol. The van der Waals surface area contributed by atoms with E-state index in [-0.39, 0.29) is 6.61 Å². The van der Waals surface area contributed by atoms with Crippen LogP contribution < -0.4 is 4.90 Å². The molecule has 0 bridgehead atoms. The molecule has 0 aliphatic rings. The van der Waals surface area contributed by atoms with Crippen LogP contribution in [0.25, 0.3) is 0 Å². The van der Waals surface area contributed by atoms with Crippen molar-refractivity contribution in [3.05, 3.63) is 63.1 Å². The van der Waals surface area contributed by atoms with E-state index in [1.165, 1.54) is 5.56 Å². The third-order valence-electron chi connectivity index (χ3n) is 2.93. The number of anilines is 1. The summed E-state index contributed by atoms with van der Waals surface area (Å²) in [6.45, 7) is 0.717. The largest absolute Gasteiger partial charge is 0.392 e. The van der Waals surface area contributed by atoms with E-state index >= 15 is 0 Å². The quantitative estimate of drug-likeness (QED) is 0.900. The zero-order chi connectivity index (χ0) is 13.8. The average Bonchev–Trinajstić information content (AvgIpc) is 2.38. The highest BCUT2D eigenvalue weighted by Crippen LogP contribution is 2.30. The Morgan fingerprint density at radius 2 is 1.95 bits per heavy atom. The highest BCUT2D eigenvalue weighted by molar-refractivity contribution is 9.10. The standard InChI is InChI=1S/C15H15BrClNO/c1-18(9-11-4-2-6-13(16)8-11)15-12(10-19)5-3-7-14(15)17/h2-8,19H,9-10H2,1H3. The number of hydrogen-bond donors (Lipinski definition) is 1. The Hall–Kier alpha value is -1.03. The Morgan fingerprint density at radius 3 is 2.63 bits per heavy atom. The molecule has 0 aliphatic carbocycles. The summed E-state index contributed by atoms with van der Waals surface area (Å²) in [4.78, 5) is 2.05. The zero-order valence-corrected chi connectivity index (χ0v) is 12.9. The summed E-state index contributed by atoms with van der Waals surface area (Å²) in [7, 11) is 1.97. The lowest BCUT2D eigenvalue weighted by atomic mass is 10.1. The molecule has 0 saturated carbocycles. The third kappa shape index (κ3) is 3.50. The fourth-order valence-corrected chi connectivity index (χ4v) is 2.89. The van der Waals surface area contributed by atoms with Crippen molar-refractivity contribution < 1.29 is 5.11 Å². The summed E-state index contributed by atoms with van der Waals surface area (Å²) >= 11 is 9.70. The molecule has 0 radical (unpaired) electrons. The Morgan fingerprint density at radius 1 is 1.21 bits per heavy atom. The number of para-hydroxylation sites is 1. The fraction of sp³-hybridized carbons (Fsp3) is 0.200. The average molecular weight is 341 g/mol. The summed E-state index contributed by atoms with van der Waals surface area (Å²) in [5.41, 5.74) is 2.90. The number of nitrogens with zero attached hydrogens (tertiary/aromatic N) is 1. The van der Waals surface area contributed by atoms with Gasteiger partial charge in [-0.1, -0.05) is 51.8 Å². The smallest absolute Gasteiger partial charge is 0.0702 e. The number of benzene rings is 2. The van der Waals surface area contributed by atoms with Gasteiger partial charge in [-0.25, -0.2) is 0 Å². The molecule has 2 aromatic rings. The first kappa shape index (κ1) is 14.4. The van der Waals surface area contributed by atoms with Gasteiger partial charge in [0.25, 0.3) is 0 Å². The lowest BCUT2D eigenvalue weighted by Gasteiger charge is -2.23. The van der Waals surface area contributed by atoms with E-state index in [0.29, 0.717) is 5.02 Å². The second kappa shape index (κ2) is 6.42. The van der Waals surface area contributed by atoms with Crippen LogP contribution in [0.4, 0.5) is 5.69 Å². The molecule has 0 fully saturated rings. The number of rotatable bonds is 4. The topological polar surface area (TPSA) is 23.5 Å². The number of hydrogen-bond acceptors (Lipinski definition) is 2. The van der Waals surface area contributed by atoms with Crippen LogP contribution in [0.3, 0.4) is 0 Å². The molecule has 0 heterocycles. The highest BCUT2D eigenvalue weighted by Gasteiger charge is 2.11. The van der Waals surface area contributed by atoms with Gasteiger partial charge >= 0.3 is 0 Å². The maximum atomic E-state index is 9.41. The molecular formula is C15H15BrClNO. The monoisotopic (exact) mass is 339 g/mol. The van der Waals surface area contributed by atoms with Crippen molar-refractivity contribution in [3.63, 3.8) is 0 Å². The maximum Gasteiger partial charge on any atom is 0.0702 e. The van der Waals surface area contributed by atoms with Crippen LogP contribution in [0.5, 0.6) is 0 Å². The van der Waals surface area contributed by atoms with Crippen molar-refractivity contribution in [2.75, 3.05) is 11.9 Å². The molecule has 2 aromatic carbocycles. The van der Waals surface area contributed by atoms with E-state index in [0.717, 1.165) is 22.3 Å². The summed E-state index contributed by atoms with van der Waals surface area (Å²) in [5, 5.41) is 10.1. The first-order valence-electron chi connectivity index (χ1n) is 5.95. The zero-order valence-electron chi connectivity index (χ0n) is 10.6. The fourth-order valence-electron chi connectivity index (χ4n) is 2.10. The molecule has 2 rings (SSSR count). The van der Waals surface area contributed by atoms with E-state index in [4.69, 9.17) is 11.6 Å². The first-order valence-corrected chi connectivity index (χ1v) is 7.12. The predicted octanol–water partition coefficient (Wildman–Crippen LogP) is 4.23. The molecule has 19 heavy (non-hydrogen) atoms. The minimum atomic E-state index is -0.0152. The van der Waals surface area contributed by atoms with Crippen LogP contribution >= 0.6 is 27.5 Å². The lowest BCUT2D eigenvalue weighted by molar-refractivity contribution is 0.282. The molecule has 100 valence electrons. The maximum absolute atomic E-state index is 9.41. The third-order valence-corrected chi connectivity index (χ3v) is 3.73. The minimum Gasteiger partial charge on any atom is -0.392 e. The SMILES string of the molecule is CN(Cc1cccc(Br)c1)c1c(Cl)cccc1CO. The summed E-state index contributed by atoms with van der Waals surface area (Å²) in [5.74, 6) is 0. The molecule has 0 atom stereocenters. The van der Waals surface area contributed by atoms with E-state index < -0.39 is 0 Å². The minimum absolute atomic E-state index is 0.0152. The second-order valence-electron chi connectivity index (χ2n) is 4.39. The van der Waals surface area contributed by atoms with E-state index in [1.54, 1.807) is 0 Å². The van der Waals surface area contributed by atoms with Crippen molar-refractivity contribution in [1.29, 1.82) is 0 Å². The first-order chi connectivity index (χ1) is 9.11. The van der Waals surface area contributed by atoms with Gasteiger partial charge in [0.1, 0.15) is 0 Å². The van der Waals surface area contributed by atoms with Gasteiger partial charge in [0, 0.05) is 23.6 Å². The van der Waals surface area contributed by atoms with Gasteiger partial charge in [0.2, 0.25) is 0 Å². The van der Waals surface area contributed by atoms with Gasteiger partial charge in [0.05, 0.1) is 17.3 Å². The second-order valence-corrected chi connectivity index (χ2v) is 5.71. The molecule has 0 aliphatic heterocycles. The Bertz CT molecular complexity index is 574. The van der Waals surface area contributed by atoms with Gasteiger partial charge in [-0.15, -0.1) is 0 Å². The van der Waals surface area contributed by atoms with Crippen LogP contribution in [-0.2, 0) is 13.2 Å². The normalized spacial score (nSPS) is 10.5. The van der Waals surface area contributed by atoms with Gasteiger partial charge in [-0.05, 0) is 23.8 Å².